The molecule has 0 radical (unpaired) electrons. The molecule has 5 rings (SSSR count). The Labute approximate surface area is 163 Å². The highest BCUT2D eigenvalue weighted by Gasteiger charge is 2.36. The van der Waals surface area contributed by atoms with Gasteiger partial charge in [0.15, 0.2) is 6.61 Å². The minimum atomic E-state index is 0.0765. The Bertz CT molecular complexity index is 977. The number of benzene rings is 2. The Balaban J connectivity index is 1.13. The van der Waals surface area contributed by atoms with E-state index >= 15 is 0 Å². The first kappa shape index (κ1) is 16.8. The van der Waals surface area contributed by atoms with E-state index in [0.717, 1.165) is 43.7 Å². The minimum absolute atomic E-state index is 0.0765. The molecule has 0 atom stereocenters. The van der Waals surface area contributed by atoms with Gasteiger partial charge in [-0.05, 0) is 46.3 Å². The van der Waals surface area contributed by atoms with Crippen molar-refractivity contribution >= 4 is 28.0 Å². The summed E-state index contributed by atoms with van der Waals surface area (Å²) in [4.78, 5) is 18.4. The van der Waals surface area contributed by atoms with Gasteiger partial charge in [-0.1, -0.05) is 30.3 Å². The van der Waals surface area contributed by atoms with Crippen LogP contribution in [0.2, 0.25) is 0 Å². The highest BCUT2D eigenvalue weighted by Crippen LogP contribution is 2.28. The van der Waals surface area contributed by atoms with E-state index in [2.05, 4.69) is 28.5 Å². The van der Waals surface area contributed by atoms with Gasteiger partial charge in [-0.3, -0.25) is 9.69 Å². The Hall–Kier alpha value is -2.37. The topological polar surface area (TPSA) is 32.8 Å². The normalized spacial score (nSPS) is 17.6. The fourth-order valence-corrected chi connectivity index (χ4v) is 4.86. The monoisotopic (exact) mass is 378 g/mol. The maximum absolute atomic E-state index is 12.4. The van der Waals surface area contributed by atoms with Crippen LogP contribution >= 0.6 is 11.3 Å². The molecule has 2 aliphatic heterocycles. The number of carbonyl (C=O) groups excluding carboxylic acids is 1. The Morgan fingerprint density at radius 3 is 2.85 bits per heavy atom. The lowest BCUT2D eigenvalue weighted by atomic mass is 10.0. The molecular formula is C22H22N2O2S. The van der Waals surface area contributed by atoms with Crippen molar-refractivity contribution in [1.29, 1.82) is 0 Å². The fourth-order valence-electron chi connectivity index (χ4n) is 3.97. The van der Waals surface area contributed by atoms with Crippen molar-refractivity contribution < 1.29 is 9.53 Å². The zero-order valence-electron chi connectivity index (χ0n) is 15.1. The molecule has 0 saturated carbocycles. The highest BCUT2D eigenvalue weighted by molar-refractivity contribution is 7.10. The van der Waals surface area contributed by atoms with Crippen LogP contribution in [0.25, 0.3) is 10.8 Å². The fraction of sp³-hybridized carbons (Fsp3) is 0.318. The summed E-state index contributed by atoms with van der Waals surface area (Å²) in [5.41, 5.74) is 1.47. The van der Waals surface area contributed by atoms with Crippen LogP contribution in [0, 0.1) is 0 Å². The third kappa shape index (κ3) is 3.33. The molecule has 0 bridgehead atoms. The molecule has 138 valence electrons. The Kier molecular flexibility index (Phi) is 4.34. The predicted octanol–water partition coefficient (Wildman–Crippen LogP) is 3.55. The molecule has 5 heteroatoms. The Morgan fingerprint density at radius 2 is 1.96 bits per heavy atom. The molecule has 1 saturated heterocycles. The highest BCUT2D eigenvalue weighted by atomic mass is 32.1. The van der Waals surface area contributed by atoms with E-state index in [-0.39, 0.29) is 12.5 Å². The van der Waals surface area contributed by atoms with E-state index in [1.54, 1.807) is 0 Å². The van der Waals surface area contributed by atoms with E-state index in [1.807, 2.05) is 46.6 Å². The lowest BCUT2D eigenvalue weighted by molar-refractivity contribution is -0.141. The van der Waals surface area contributed by atoms with Gasteiger partial charge in [0.2, 0.25) is 0 Å². The van der Waals surface area contributed by atoms with Crippen LogP contribution in [0.1, 0.15) is 10.4 Å². The second-order valence-electron chi connectivity index (χ2n) is 7.34. The van der Waals surface area contributed by atoms with Gasteiger partial charge in [0.1, 0.15) is 5.75 Å². The number of amides is 1. The second kappa shape index (κ2) is 6.98. The first-order valence-corrected chi connectivity index (χ1v) is 10.3. The molecule has 1 aromatic heterocycles. The number of ether oxygens (including phenoxy) is 1. The summed E-state index contributed by atoms with van der Waals surface area (Å²) >= 11 is 1.87. The molecule has 27 heavy (non-hydrogen) atoms. The average molecular weight is 378 g/mol. The average Bonchev–Trinajstić information content (AvgIpc) is 3.13. The van der Waals surface area contributed by atoms with Crippen molar-refractivity contribution in [2.45, 2.75) is 19.0 Å². The Morgan fingerprint density at radius 1 is 1.11 bits per heavy atom. The largest absolute Gasteiger partial charge is 0.484 e. The molecule has 0 unspecified atom stereocenters. The molecule has 0 aliphatic carbocycles. The van der Waals surface area contributed by atoms with E-state index in [0.29, 0.717) is 6.04 Å². The third-order valence-electron chi connectivity index (χ3n) is 5.65. The van der Waals surface area contributed by atoms with Gasteiger partial charge in [0, 0.05) is 37.1 Å². The molecule has 1 fully saturated rings. The second-order valence-corrected chi connectivity index (χ2v) is 8.34. The summed E-state index contributed by atoms with van der Waals surface area (Å²) in [6.07, 6.45) is 1.14. The third-order valence-corrected chi connectivity index (χ3v) is 6.67. The first-order valence-electron chi connectivity index (χ1n) is 9.45. The van der Waals surface area contributed by atoms with Crippen LogP contribution in [0.3, 0.4) is 0 Å². The van der Waals surface area contributed by atoms with Crippen molar-refractivity contribution in [3.05, 3.63) is 64.4 Å². The maximum Gasteiger partial charge on any atom is 0.260 e. The van der Waals surface area contributed by atoms with Crippen LogP contribution in [0.15, 0.2) is 53.9 Å². The molecule has 0 spiro atoms. The van der Waals surface area contributed by atoms with Crippen LogP contribution in [0.5, 0.6) is 5.75 Å². The number of rotatable bonds is 4. The quantitative estimate of drug-likeness (QED) is 0.696. The summed E-state index contributed by atoms with van der Waals surface area (Å²) in [5.74, 6) is 0.827. The van der Waals surface area contributed by atoms with Crippen molar-refractivity contribution in [2.24, 2.45) is 0 Å². The molecule has 0 N–H and O–H groups in total. The van der Waals surface area contributed by atoms with Gasteiger partial charge in [-0.2, -0.15) is 0 Å². The number of thiophene rings is 1. The molecule has 2 aliphatic rings. The standard InChI is InChI=1S/C22H22N2O2S/c25-22(15-26-20-6-5-16-3-1-2-4-17(16)11-20)24-13-19(14-24)23-9-7-21-18(12-23)8-10-27-21/h1-6,8,10-11,19H,7,9,12-15H2. The first-order chi connectivity index (χ1) is 13.3. The van der Waals surface area contributed by atoms with Gasteiger partial charge in [0.25, 0.3) is 5.91 Å². The van der Waals surface area contributed by atoms with Crippen molar-refractivity contribution in [3.63, 3.8) is 0 Å². The molecule has 3 aromatic rings. The number of fused-ring (bicyclic) bond motifs is 2. The van der Waals surface area contributed by atoms with Crippen LogP contribution in [-0.4, -0.2) is 48.0 Å². The summed E-state index contributed by atoms with van der Waals surface area (Å²) < 4.78 is 5.75. The number of carbonyl (C=O) groups is 1. The molecular weight excluding hydrogens is 356 g/mol. The van der Waals surface area contributed by atoms with Crippen molar-refractivity contribution in [2.75, 3.05) is 26.2 Å². The zero-order chi connectivity index (χ0) is 18.2. The van der Waals surface area contributed by atoms with Gasteiger partial charge in [-0.25, -0.2) is 0 Å². The minimum Gasteiger partial charge on any atom is -0.484 e. The molecule has 3 heterocycles. The summed E-state index contributed by atoms with van der Waals surface area (Å²) in [6, 6.07) is 16.9. The van der Waals surface area contributed by atoms with Gasteiger partial charge in [0.05, 0.1) is 0 Å². The molecule has 1 amide bonds. The number of hydrogen-bond acceptors (Lipinski definition) is 4. The van der Waals surface area contributed by atoms with Gasteiger partial charge >= 0.3 is 0 Å². The number of nitrogens with zero attached hydrogens (tertiary/aromatic N) is 2. The van der Waals surface area contributed by atoms with E-state index in [9.17, 15) is 4.79 Å². The van der Waals surface area contributed by atoms with Crippen molar-refractivity contribution in [1.82, 2.24) is 9.80 Å². The van der Waals surface area contributed by atoms with Gasteiger partial charge in [-0.15, -0.1) is 11.3 Å². The lowest BCUT2D eigenvalue weighted by Gasteiger charge is -2.46. The van der Waals surface area contributed by atoms with Crippen molar-refractivity contribution in [3.8, 4) is 5.75 Å². The SMILES string of the molecule is O=C(COc1ccc2ccccc2c1)N1CC(N2CCc3sccc3C2)C1. The summed E-state index contributed by atoms with van der Waals surface area (Å²) in [5, 5.41) is 4.50. The predicted molar refractivity (Wildman–Crippen MR) is 108 cm³/mol. The van der Waals surface area contributed by atoms with Crippen LogP contribution < -0.4 is 4.74 Å². The maximum atomic E-state index is 12.4. The number of hydrogen-bond donors (Lipinski definition) is 0. The number of likely N-dealkylation sites (tertiary alicyclic amines) is 1. The molecule has 2 aromatic carbocycles. The zero-order valence-corrected chi connectivity index (χ0v) is 16.0. The summed E-state index contributed by atoms with van der Waals surface area (Å²) in [7, 11) is 0. The summed E-state index contributed by atoms with van der Waals surface area (Å²) in [6.45, 7) is 3.88. The van der Waals surface area contributed by atoms with Crippen LogP contribution in [0.4, 0.5) is 0 Å². The van der Waals surface area contributed by atoms with Crippen LogP contribution in [-0.2, 0) is 17.8 Å². The van der Waals surface area contributed by atoms with E-state index in [1.165, 1.54) is 15.8 Å². The molecule has 4 nitrogen and oxygen atoms in total. The van der Waals surface area contributed by atoms with E-state index in [4.69, 9.17) is 4.74 Å². The smallest absolute Gasteiger partial charge is 0.260 e. The van der Waals surface area contributed by atoms with Gasteiger partial charge < -0.3 is 9.64 Å². The van der Waals surface area contributed by atoms with E-state index < -0.39 is 0 Å². The lowest BCUT2D eigenvalue weighted by Crippen LogP contribution is -2.62.